The normalized spacial score (nSPS) is 9.90. The van der Waals surface area contributed by atoms with Gasteiger partial charge in [-0.25, -0.2) is 9.59 Å². The maximum atomic E-state index is 10.8. The molecule has 0 saturated carbocycles. The average Bonchev–Trinajstić information content (AvgIpc) is 2.71. The highest BCUT2D eigenvalue weighted by Gasteiger charge is 2.14. The zero-order chi connectivity index (χ0) is 23.6. The summed E-state index contributed by atoms with van der Waals surface area (Å²) in [5.74, 6) is -2.84. The summed E-state index contributed by atoms with van der Waals surface area (Å²) in [5, 5.41) is 41.9. The lowest BCUT2D eigenvalue weighted by Crippen LogP contribution is -2.03. The molecule has 0 heterocycles. The highest BCUT2D eigenvalue weighted by Crippen LogP contribution is 2.28. The van der Waals surface area contributed by atoms with Gasteiger partial charge in [-0.15, -0.1) is 0 Å². The fourth-order valence-corrected chi connectivity index (χ4v) is 2.99. The second-order valence-electron chi connectivity index (χ2n) is 6.68. The molecule has 0 aliphatic carbocycles. The van der Waals surface area contributed by atoms with Crippen LogP contribution in [0.1, 0.15) is 58.5 Å². The van der Waals surface area contributed by atoms with E-state index >= 15 is 0 Å². The van der Waals surface area contributed by atoms with E-state index in [-0.39, 0.29) is 22.6 Å². The highest BCUT2D eigenvalue weighted by atomic mass is 16.4. The standard InChI is InChI=1S/C11H13NO4.C11H15NO3/c1-2-3-7-4-8(11(15)16)10(14)5-9(7)12-6-13;1-3-4-7-5-8(11(14)15)10(13)6-9(7)12-2/h4-6,14H,2-3H2,1H3,(H,12,13)(H,15,16);5-6,12-13H,3-4H2,1-2H3,(H,14,15). The molecule has 0 spiro atoms. The van der Waals surface area contributed by atoms with E-state index < -0.39 is 11.9 Å². The van der Waals surface area contributed by atoms with Crippen molar-refractivity contribution in [3.63, 3.8) is 0 Å². The summed E-state index contributed by atoms with van der Waals surface area (Å²) in [6.07, 6.45) is 3.66. The Hall–Kier alpha value is -3.75. The van der Waals surface area contributed by atoms with Crippen molar-refractivity contribution < 1.29 is 34.8 Å². The van der Waals surface area contributed by atoms with Crippen molar-refractivity contribution in [2.45, 2.75) is 39.5 Å². The molecule has 31 heavy (non-hydrogen) atoms. The second kappa shape index (κ2) is 12.1. The van der Waals surface area contributed by atoms with Crippen molar-refractivity contribution >= 4 is 29.7 Å². The number of carbonyl (C=O) groups excluding carboxylic acids is 1. The van der Waals surface area contributed by atoms with Crippen LogP contribution in [-0.4, -0.2) is 45.8 Å². The number of carboxylic acids is 2. The number of carbonyl (C=O) groups is 3. The first-order valence-electron chi connectivity index (χ1n) is 9.76. The SMILES string of the molecule is CCCc1cc(C(=O)O)c(O)cc1NC.CCCc1cc(C(=O)O)c(O)cc1NC=O. The van der Waals surface area contributed by atoms with Gasteiger partial charge in [0, 0.05) is 30.6 Å². The van der Waals surface area contributed by atoms with Gasteiger partial charge in [-0.05, 0) is 36.1 Å². The summed E-state index contributed by atoms with van der Waals surface area (Å²) < 4.78 is 0. The predicted molar refractivity (Wildman–Crippen MR) is 117 cm³/mol. The lowest BCUT2D eigenvalue weighted by molar-refractivity contribution is -0.105. The van der Waals surface area contributed by atoms with Gasteiger partial charge in [0.05, 0.1) is 0 Å². The Bertz CT molecular complexity index is 942. The molecule has 0 saturated heterocycles. The Labute approximate surface area is 180 Å². The van der Waals surface area contributed by atoms with Crippen molar-refractivity contribution in [3.8, 4) is 11.5 Å². The number of hydrogen-bond donors (Lipinski definition) is 6. The van der Waals surface area contributed by atoms with Crippen molar-refractivity contribution in [3.05, 3.63) is 46.5 Å². The van der Waals surface area contributed by atoms with Crippen LogP contribution in [0.4, 0.5) is 11.4 Å². The number of carboxylic acid groups (broad SMARTS) is 2. The quantitative estimate of drug-likeness (QED) is 0.328. The molecular formula is C22H28N2O7. The van der Waals surface area contributed by atoms with Gasteiger partial charge in [-0.1, -0.05) is 26.7 Å². The molecule has 1 amide bonds. The average molecular weight is 432 g/mol. The van der Waals surface area contributed by atoms with Crippen LogP contribution in [0.2, 0.25) is 0 Å². The maximum Gasteiger partial charge on any atom is 0.339 e. The van der Waals surface area contributed by atoms with Crippen molar-refractivity contribution in [1.82, 2.24) is 0 Å². The number of anilines is 2. The molecule has 9 nitrogen and oxygen atoms in total. The minimum absolute atomic E-state index is 0.0440. The van der Waals surface area contributed by atoms with Crippen LogP contribution in [0.25, 0.3) is 0 Å². The van der Waals surface area contributed by atoms with Crippen LogP contribution in [0.5, 0.6) is 11.5 Å². The molecule has 168 valence electrons. The summed E-state index contributed by atoms with van der Waals surface area (Å²) in [4.78, 5) is 31.9. The summed E-state index contributed by atoms with van der Waals surface area (Å²) in [6, 6.07) is 5.61. The minimum Gasteiger partial charge on any atom is -0.507 e. The molecule has 0 aliphatic heterocycles. The lowest BCUT2D eigenvalue weighted by Gasteiger charge is -2.10. The molecule has 0 bridgehead atoms. The monoisotopic (exact) mass is 432 g/mol. The summed E-state index contributed by atoms with van der Waals surface area (Å²) in [6.45, 7) is 3.96. The van der Waals surface area contributed by atoms with Gasteiger partial charge in [-0.2, -0.15) is 0 Å². The number of aryl methyl sites for hydroxylation is 2. The Balaban J connectivity index is 0.000000311. The smallest absolute Gasteiger partial charge is 0.339 e. The van der Waals surface area contributed by atoms with Gasteiger partial charge < -0.3 is 31.1 Å². The van der Waals surface area contributed by atoms with Gasteiger partial charge in [-0.3, -0.25) is 4.79 Å². The van der Waals surface area contributed by atoms with E-state index in [1.165, 1.54) is 24.3 Å². The molecule has 0 fully saturated rings. The van der Waals surface area contributed by atoms with Crippen LogP contribution in [0.3, 0.4) is 0 Å². The summed E-state index contributed by atoms with van der Waals surface area (Å²) in [7, 11) is 1.74. The lowest BCUT2D eigenvalue weighted by atomic mass is 10.0. The van der Waals surface area contributed by atoms with E-state index in [0.29, 0.717) is 24.1 Å². The third-order valence-electron chi connectivity index (χ3n) is 4.43. The molecule has 0 atom stereocenters. The van der Waals surface area contributed by atoms with Crippen molar-refractivity contribution in [2.75, 3.05) is 17.7 Å². The predicted octanol–water partition coefficient (Wildman–Crippen LogP) is 3.70. The Morgan fingerprint density at radius 1 is 0.839 bits per heavy atom. The van der Waals surface area contributed by atoms with Gasteiger partial charge in [0.2, 0.25) is 6.41 Å². The third-order valence-corrected chi connectivity index (χ3v) is 4.43. The zero-order valence-electron chi connectivity index (χ0n) is 17.7. The van der Waals surface area contributed by atoms with E-state index in [0.717, 1.165) is 30.5 Å². The van der Waals surface area contributed by atoms with E-state index in [1.807, 2.05) is 13.8 Å². The fourth-order valence-electron chi connectivity index (χ4n) is 2.99. The van der Waals surface area contributed by atoms with E-state index in [4.69, 9.17) is 10.2 Å². The number of amides is 1. The Morgan fingerprint density at radius 3 is 1.61 bits per heavy atom. The number of aromatic hydroxyl groups is 2. The van der Waals surface area contributed by atoms with Crippen molar-refractivity contribution in [1.29, 1.82) is 0 Å². The van der Waals surface area contributed by atoms with Crippen molar-refractivity contribution in [2.24, 2.45) is 0 Å². The van der Waals surface area contributed by atoms with E-state index in [2.05, 4.69) is 10.6 Å². The number of rotatable bonds is 9. The molecule has 0 radical (unpaired) electrons. The zero-order valence-corrected chi connectivity index (χ0v) is 17.7. The van der Waals surface area contributed by atoms with Gasteiger partial charge in [0.15, 0.2) is 0 Å². The fraction of sp³-hybridized carbons (Fsp3) is 0.318. The Morgan fingerprint density at radius 2 is 1.26 bits per heavy atom. The second-order valence-corrected chi connectivity index (χ2v) is 6.68. The number of nitrogens with one attached hydrogen (secondary N) is 2. The number of phenols is 2. The van der Waals surface area contributed by atoms with Gasteiger partial charge in [0.25, 0.3) is 0 Å². The molecule has 9 heteroatoms. The number of aromatic carboxylic acids is 2. The summed E-state index contributed by atoms with van der Waals surface area (Å²) in [5.41, 5.74) is 2.64. The maximum absolute atomic E-state index is 10.8. The molecular weight excluding hydrogens is 404 g/mol. The van der Waals surface area contributed by atoms with Crippen LogP contribution < -0.4 is 10.6 Å². The Kier molecular flexibility index (Phi) is 9.84. The van der Waals surface area contributed by atoms with Crippen LogP contribution >= 0.6 is 0 Å². The molecule has 6 N–H and O–H groups in total. The van der Waals surface area contributed by atoms with Crippen LogP contribution in [-0.2, 0) is 17.6 Å². The van der Waals surface area contributed by atoms with Gasteiger partial charge in [0.1, 0.15) is 22.6 Å². The highest BCUT2D eigenvalue weighted by molar-refractivity contribution is 5.93. The molecule has 2 rings (SSSR count). The minimum atomic E-state index is -1.19. The first-order chi connectivity index (χ1) is 14.7. The largest absolute Gasteiger partial charge is 0.507 e. The molecule has 0 aliphatic rings. The first kappa shape index (κ1) is 25.3. The van der Waals surface area contributed by atoms with Gasteiger partial charge >= 0.3 is 11.9 Å². The van der Waals surface area contributed by atoms with Crippen LogP contribution in [0, 0.1) is 0 Å². The van der Waals surface area contributed by atoms with Crippen LogP contribution in [0.15, 0.2) is 24.3 Å². The topological polar surface area (TPSA) is 156 Å². The molecule has 0 unspecified atom stereocenters. The summed E-state index contributed by atoms with van der Waals surface area (Å²) >= 11 is 0. The number of benzene rings is 2. The van der Waals surface area contributed by atoms with E-state index in [9.17, 15) is 24.6 Å². The third kappa shape index (κ3) is 6.91. The first-order valence-corrected chi connectivity index (χ1v) is 9.76. The van der Waals surface area contributed by atoms with E-state index in [1.54, 1.807) is 7.05 Å². The molecule has 2 aromatic rings. The number of hydrogen-bond acceptors (Lipinski definition) is 6. The molecule has 2 aromatic carbocycles. The molecule has 0 aromatic heterocycles.